The topological polar surface area (TPSA) is 61.2 Å². The first-order valence-corrected chi connectivity index (χ1v) is 11.2. The van der Waals surface area contributed by atoms with Crippen molar-refractivity contribution in [2.45, 2.75) is 65.2 Å². The van der Waals surface area contributed by atoms with Crippen LogP contribution in [0.2, 0.25) is 18.1 Å². The molecule has 0 aromatic carbocycles. The molecule has 2 atom stereocenters. The summed E-state index contributed by atoms with van der Waals surface area (Å²) >= 11 is 0. The molecule has 0 aromatic rings. The summed E-state index contributed by atoms with van der Waals surface area (Å²) in [7, 11) is -1.72. The predicted octanol–water partition coefficient (Wildman–Crippen LogP) is 4.67. The van der Waals surface area contributed by atoms with Crippen LogP contribution in [0.4, 0.5) is 0 Å². The first-order chi connectivity index (χ1) is 9.88. The van der Waals surface area contributed by atoms with Gasteiger partial charge in [-0.25, -0.2) is 0 Å². The van der Waals surface area contributed by atoms with Gasteiger partial charge in [0.15, 0.2) is 8.32 Å². The van der Waals surface area contributed by atoms with E-state index in [2.05, 4.69) is 69.6 Å². The van der Waals surface area contributed by atoms with Crippen LogP contribution in [-0.2, 0) is 4.43 Å². The highest BCUT2D eigenvalue weighted by Gasteiger charge is 2.41. The fourth-order valence-corrected chi connectivity index (χ4v) is 3.62. The predicted molar refractivity (Wildman–Crippen MR) is 95.5 cm³/mol. The summed E-state index contributed by atoms with van der Waals surface area (Å²) in [4.78, 5) is 5.43. The van der Waals surface area contributed by atoms with Crippen molar-refractivity contribution in [1.82, 2.24) is 4.90 Å². The van der Waals surface area contributed by atoms with Crippen LogP contribution in [0, 0.1) is 11.8 Å². The monoisotopic (exact) mass is 326 g/mol. The van der Waals surface area contributed by atoms with E-state index in [1.807, 2.05) is 0 Å². The maximum absolute atomic E-state index is 8.62. The number of nitrogens with zero attached hydrogens (tertiary/aromatic N) is 4. The molecule has 0 N–H and O–H groups in total. The third-order valence-corrected chi connectivity index (χ3v) is 9.87. The number of hydrogen-bond donors (Lipinski definition) is 0. The highest BCUT2D eigenvalue weighted by atomic mass is 28.4. The molecule has 0 saturated carbocycles. The van der Waals surface area contributed by atoms with Crippen molar-refractivity contribution < 1.29 is 4.43 Å². The second-order valence-corrected chi connectivity index (χ2v) is 13.9. The van der Waals surface area contributed by atoms with Gasteiger partial charge < -0.3 is 4.43 Å². The Kier molecular flexibility index (Phi) is 6.12. The van der Waals surface area contributed by atoms with E-state index in [0.29, 0.717) is 18.4 Å². The summed E-state index contributed by atoms with van der Waals surface area (Å²) in [5.41, 5.74) is 8.78. The Labute approximate surface area is 137 Å². The third kappa shape index (κ3) is 4.98. The van der Waals surface area contributed by atoms with E-state index in [1.54, 1.807) is 0 Å². The molecule has 1 aliphatic rings. The second-order valence-electron chi connectivity index (χ2n) is 9.08. The molecule has 1 fully saturated rings. The molecule has 2 unspecified atom stereocenters. The number of likely N-dealkylation sites (tertiary alicyclic amines) is 1. The van der Waals surface area contributed by atoms with Crippen LogP contribution in [0.5, 0.6) is 0 Å². The third-order valence-electron chi connectivity index (χ3n) is 5.37. The summed E-state index contributed by atoms with van der Waals surface area (Å²) in [6.07, 6.45) is 0. The fourth-order valence-electron chi connectivity index (χ4n) is 2.56. The Hall–Kier alpha value is -0.553. The van der Waals surface area contributed by atoms with Crippen LogP contribution >= 0.6 is 0 Å². The van der Waals surface area contributed by atoms with Gasteiger partial charge in [-0.2, -0.15) is 0 Å². The molecule has 0 bridgehead atoms. The molecule has 6 heteroatoms. The highest BCUT2D eigenvalue weighted by molar-refractivity contribution is 6.74. The molecule has 0 amide bonds. The van der Waals surface area contributed by atoms with E-state index in [1.165, 1.54) is 0 Å². The van der Waals surface area contributed by atoms with Crippen molar-refractivity contribution in [3.05, 3.63) is 10.4 Å². The zero-order valence-corrected chi connectivity index (χ0v) is 16.7. The van der Waals surface area contributed by atoms with Gasteiger partial charge in [0.2, 0.25) is 0 Å². The van der Waals surface area contributed by atoms with E-state index in [4.69, 9.17) is 9.96 Å². The minimum Gasteiger partial charge on any atom is -0.416 e. The lowest BCUT2D eigenvalue weighted by Gasteiger charge is -2.37. The number of hydrogen-bond acceptors (Lipinski definition) is 3. The Morgan fingerprint density at radius 1 is 1.14 bits per heavy atom. The van der Waals surface area contributed by atoms with Gasteiger partial charge in [-0.15, -0.1) is 0 Å². The van der Waals surface area contributed by atoms with E-state index in [-0.39, 0.29) is 10.6 Å². The Morgan fingerprint density at radius 3 is 2.14 bits per heavy atom. The van der Waals surface area contributed by atoms with Crippen molar-refractivity contribution in [3.8, 4) is 0 Å². The Morgan fingerprint density at radius 2 is 1.68 bits per heavy atom. The van der Waals surface area contributed by atoms with Gasteiger partial charge in [-0.3, -0.25) is 4.90 Å². The quantitative estimate of drug-likeness (QED) is 0.319. The standard InChI is InChI=1S/C16H34N4OSi/c1-15(2,3)20-10-13(9-18-19-17)14(11-20)12-21-22(7,8)16(4,5)6/h13-14H,9-12H2,1-8H3. The van der Waals surface area contributed by atoms with Crippen LogP contribution in [0.15, 0.2) is 5.11 Å². The average molecular weight is 327 g/mol. The van der Waals surface area contributed by atoms with Gasteiger partial charge in [0.25, 0.3) is 0 Å². The smallest absolute Gasteiger partial charge is 0.191 e. The second kappa shape index (κ2) is 6.91. The van der Waals surface area contributed by atoms with Crippen molar-refractivity contribution in [2.24, 2.45) is 17.0 Å². The lowest BCUT2D eigenvalue weighted by Crippen LogP contribution is -2.43. The zero-order chi connectivity index (χ0) is 17.2. The highest BCUT2D eigenvalue weighted by Crippen LogP contribution is 2.38. The molecule has 0 spiro atoms. The van der Waals surface area contributed by atoms with Crippen LogP contribution < -0.4 is 0 Å². The summed E-state index contributed by atoms with van der Waals surface area (Å²) < 4.78 is 6.43. The fraction of sp³-hybridized carbons (Fsp3) is 1.00. The lowest BCUT2D eigenvalue weighted by atomic mass is 9.97. The van der Waals surface area contributed by atoms with Gasteiger partial charge in [-0.05, 0) is 56.3 Å². The van der Waals surface area contributed by atoms with Crippen molar-refractivity contribution in [2.75, 3.05) is 26.2 Å². The summed E-state index contributed by atoms with van der Waals surface area (Å²) in [5.74, 6) is 0.860. The van der Waals surface area contributed by atoms with E-state index >= 15 is 0 Å². The maximum atomic E-state index is 8.62. The number of azide groups is 1. The molecule has 1 saturated heterocycles. The molecule has 0 aromatic heterocycles. The molecule has 1 heterocycles. The minimum absolute atomic E-state index is 0.153. The van der Waals surface area contributed by atoms with Crippen LogP contribution in [0.3, 0.4) is 0 Å². The van der Waals surface area contributed by atoms with Gasteiger partial charge in [0.1, 0.15) is 0 Å². The van der Waals surface area contributed by atoms with Crippen molar-refractivity contribution >= 4 is 8.32 Å². The summed E-state index contributed by atoms with van der Waals surface area (Å²) in [5, 5.41) is 4.06. The first-order valence-electron chi connectivity index (χ1n) is 8.28. The Bertz CT molecular complexity index is 419. The maximum Gasteiger partial charge on any atom is 0.191 e. The molecule has 1 aliphatic heterocycles. The lowest BCUT2D eigenvalue weighted by molar-refractivity contribution is 0.155. The van der Waals surface area contributed by atoms with E-state index in [0.717, 1.165) is 19.7 Å². The van der Waals surface area contributed by atoms with Gasteiger partial charge in [-0.1, -0.05) is 25.9 Å². The Balaban J connectivity index is 2.75. The zero-order valence-electron chi connectivity index (χ0n) is 15.7. The molecule has 0 radical (unpaired) electrons. The molecule has 22 heavy (non-hydrogen) atoms. The average Bonchev–Trinajstić information content (AvgIpc) is 2.75. The van der Waals surface area contributed by atoms with Crippen molar-refractivity contribution in [3.63, 3.8) is 0 Å². The van der Waals surface area contributed by atoms with E-state index < -0.39 is 8.32 Å². The normalized spacial score (nSPS) is 24.4. The van der Waals surface area contributed by atoms with Gasteiger partial charge >= 0.3 is 0 Å². The first kappa shape index (κ1) is 19.5. The SMILES string of the molecule is CC(C)(C)N1CC(CN=[N+]=[N-])C(CO[Si](C)(C)C(C)(C)C)C1. The molecule has 0 aliphatic carbocycles. The molecule has 1 rings (SSSR count). The van der Waals surface area contributed by atoms with Crippen LogP contribution in [-0.4, -0.2) is 45.0 Å². The summed E-state index contributed by atoms with van der Waals surface area (Å²) in [6.45, 7) is 21.5. The van der Waals surface area contributed by atoms with Gasteiger partial charge in [0, 0.05) is 36.7 Å². The number of rotatable bonds is 5. The largest absolute Gasteiger partial charge is 0.416 e. The molecular weight excluding hydrogens is 292 g/mol. The van der Waals surface area contributed by atoms with Gasteiger partial charge in [0.05, 0.1) is 0 Å². The molecular formula is C16H34N4OSi. The molecule has 128 valence electrons. The summed E-state index contributed by atoms with van der Waals surface area (Å²) in [6, 6.07) is 0. The van der Waals surface area contributed by atoms with Crippen LogP contribution in [0.1, 0.15) is 41.5 Å². The van der Waals surface area contributed by atoms with E-state index in [9.17, 15) is 0 Å². The van der Waals surface area contributed by atoms with Crippen molar-refractivity contribution in [1.29, 1.82) is 0 Å². The minimum atomic E-state index is -1.72. The molecule has 5 nitrogen and oxygen atoms in total. The van der Waals surface area contributed by atoms with Crippen LogP contribution in [0.25, 0.3) is 10.4 Å².